The van der Waals surface area contributed by atoms with Crippen LogP contribution in [-0.2, 0) is 9.63 Å². The molecule has 1 aromatic carbocycles. The Morgan fingerprint density at radius 2 is 1.96 bits per heavy atom. The van der Waals surface area contributed by atoms with Gasteiger partial charge in [0.15, 0.2) is 0 Å². The van der Waals surface area contributed by atoms with Crippen molar-refractivity contribution in [2.24, 2.45) is 5.92 Å². The highest BCUT2D eigenvalue weighted by molar-refractivity contribution is 5.82. The number of benzene rings is 1. The lowest BCUT2D eigenvalue weighted by atomic mass is 9.96. The van der Waals surface area contributed by atoms with Crippen molar-refractivity contribution >= 4 is 5.91 Å². The lowest BCUT2D eigenvalue weighted by Crippen LogP contribution is -2.44. The number of carbonyl (C=O) groups excluding carboxylic acids is 1. The molecule has 6 heteroatoms. The third-order valence-corrected chi connectivity index (χ3v) is 5.22. The number of hydroxylamine groups is 1. The van der Waals surface area contributed by atoms with Crippen molar-refractivity contribution in [3.63, 3.8) is 0 Å². The minimum absolute atomic E-state index is 0.0161. The molecule has 2 aliphatic rings. The van der Waals surface area contributed by atoms with Crippen LogP contribution in [0, 0.1) is 5.92 Å². The fourth-order valence-corrected chi connectivity index (χ4v) is 3.78. The molecule has 130 valence electrons. The first-order valence-electron chi connectivity index (χ1n) is 8.79. The van der Waals surface area contributed by atoms with Crippen LogP contribution in [0.15, 0.2) is 43.0 Å². The van der Waals surface area contributed by atoms with Gasteiger partial charge in [-0.15, -0.1) is 0 Å². The van der Waals surface area contributed by atoms with E-state index in [-0.39, 0.29) is 24.1 Å². The maximum atomic E-state index is 12.6. The molecule has 4 rings (SSSR count). The van der Waals surface area contributed by atoms with E-state index in [4.69, 9.17) is 4.84 Å². The maximum absolute atomic E-state index is 12.6. The summed E-state index contributed by atoms with van der Waals surface area (Å²) in [6, 6.07) is 7.82. The monoisotopic (exact) mass is 338 g/mol. The average Bonchev–Trinajstić information content (AvgIpc) is 3.26. The van der Waals surface area contributed by atoms with Crippen LogP contribution in [0.1, 0.15) is 37.8 Å². The van der Waals surface area contributed by atoms with Gasteiger partial charge >= 0.3 is 0 Å². The number of fused-ring (bicyclic) bond motifs is 1. The fraction of sp³-hybridized carbons (Fsp3) is 0.421. The first-order chi connectivity index (χ1) is 12.2. The summed E-state index contributed by atoms with van der Waals surface area (Å²) in [7, 11) is 0. The van der Waals surface area contributed by atoms with Crippen LogP contribution >= 0.6 is 0 Å². The fourth-order valence-electron chi connectivity index (χ4n) is 3.78. The number of carbonyl (C=O) groups is 1. The molecule has 0 bridgehead atoms. The zero-order chi connectivity index (χ0) is 17.2. The van der Waals surface area contributed by atoms with Crippen molar-refractivity contribution in [2.75, 3.05) is 0 Å². The molecule has 4 unspecified atom stereocenters. The number of hydrogen-bond acceptors (Lipinski definition) is 5. The number of hydrogen-bond donors (Lipinski definition) is 2. The van der Waals surface area contributed by atoms with Gasteiger partial charge in [-0.2, -0.15) is 5.48 Å². The van der Waals surface area contributed by atoms with E-state index in [1.807, 2.05) is 31.2 Å². The summed E-state index contributed by atoms with van der Waals surface area (Å²) in [5.74, 6) is 0.315. The highest BCUT2D eigenvalue weighted by Crippen LogP contribution is 2.35. The maximum Gasteiger partial charge on any atom is 0.240 e. The quantitative estimate of drug-likeness (QED) is 0.895. The molecule has 2 heterocycles. The molecule has 2 N–H and O–H groups in total. The minimum atomic E-state index is -0.240. The molecule has 6 nitrogen and oxygen atoms in total. The predicted octanol–water partition coefficient (Wildman–Crippen LogP) is 2.39. The molecule has 1 saturated heterocycles. The van der Waals surface area contributed by atoms with Gasteiger partial charge in [0.25, 0.3) is 0 Å². The van der Waals surface area contributed by atoms with E-state index in [1.54, 1.807) is 12.4 Å². The van der Waals surface area contributed by atoms with Crippen molar-refractivity contribution in [1.82, 2.24) is 20.8 Å². The number of rotatable bonds is 4. The number of nitrogens with zero attached hydrogens (tertiary/aromatic N) is 2. The van der Waals surface area contributed by atoms with Gasteiger partial charge in [-0.1, -0.05) is 30.7 Å². The van der Waals surface area contributed by atoms with Crippen LogP contribution in [0.25, 0.3) is 11.1 Å². The summed E-state index contributed by atoms with van der Waals surface area (Å²) in [6.45, 7) is 2.00. The van der Waals surface area contributed by atoms with Gasteiger partial charge in [-0.25, -0.2) is 9.97 Å². The Labute approximate surface area is 147 Å². The van der Waals surface area contributed by atoms with Crippen LogP contribution in [0.3, 0.4) is 0 Å². The summed E-state index contributed by atoms with van der Waals surface area (Å²) in [5.41, 5.74) is 6.02. The number of amides is 1. The van der Waals surface area contributed by atoms with E-state index < -0.39 is 0 Å². The molecule has 0 radical (unpaired) electrons. The molecular weight excluding hydrogens is 316 g/mol. The van der Waals surface area contributed by atoms with Crippen molar-refractivity contribution < 1.29 is 9.63 Å². The van der Waals surface area contributed by atoms with Gasteiger partial charge in [0.05, 0.1) is 12.1 Å². The van der Waals surface area contributed by atoms with Crippen molar-refractivity contribution in [1.29, 1.82) is 0 Å². The van der Waals surface area contributed by atoms with Gasteiger partial charge in [-0.3, -0.25) is 9.63 Å². The molecule has 1 aromatic heterocycles. The molecule has 2 fully saturated rings. The topological polar surface area (TPSA) is 76.1 Å². The zero-order valence-corrected chi connectivity index (χ0v) is 14.2. The molecule has 2 aromatic rings. The van der Waals surface area contributed by atoms with E-state index in [9.17, 15) is 4.79 Å². The first-order valence-corrected chi connectivity index (χ1v) is 8.79. The molecule has 25 heavy (non-hydrogen) atoms. The standard InChI is InChI=1S/C19H22N4O2/c1-12(22-19(24)18-16-3-2-4-17(16)25-23-18)13-5-7-14(8-6-13)15-9-20-11-21-10-15/h5-12,16-18,23H,2-4H2,1H3,(H,22,24). The molecule has 4 atom stereocenters. The largest absolute Gasteiger partial charge is 0.348 e. The van der Waals surface area contributed by atoms with Crippen molar-refractivity contribution in [3.05, 3.63) is 48.5 Å². The first kappa shape index (κ1) is 16.2. The average molecular weight is 338 g/mol. The summed E-state index contributed by atoms with van der Waals surface area (Å²) in [5, 5.41) is 3.10. The van der Waals surface area contributed by atoms with Crippen LogP contribution < -0.4 is 10.8 Å². The Morgan fingerprint density at radius 1 is 1.20 bits per heavy atom. The van der Waals surface area contributed by atoms with E-state index in [0.717, 1.165) is 36.0 Å². The van der Waals surface area contributed by atoms with Crippen LogP contribution in [-0.4, -0.2) is 28.0 Å². The molecule has 1 aliphatic heterocycles. The Balaban J connectivity index is 1.41. The molecule has 1 saturated carbocycles. The minimum Gasteiger partial charge on any atom is -0.348 e. The summed E-state index contributed by atoms with van der Waals surface area (Å²) < 4.78 is 0. The van der Waals surface area contributed by atoms with E-state index in [2.05, 4.69) is 20.8 Å². The Bertz CT molecular complexity index is 735. The van der Waals surface area contributed by atoms with Crippen molar-refractivity contribution in [3.8, 4) is 11.1 Å². The third kappa shape index (κ3) is 3.27. The zero-order valence-electron chi connectivity index (χ0n) is 14.2. The lowest BCUT2D eigenvalue weighted by Gasteiger charge is -2.20. The third-order valence-electron chi connectivity index (χ3n) is 5.22. The van der Waals surface area contributed by atoms with Gasteiger partial charge in [-0.05, 0) is 30.9 Å². The number of nitrogens with one attached hydrogen (secondary N) is 2. The van der Waals surface area contributed by atoms with Crippen LogP contribution in [0.4, 0.5) is 0 Å². The highest BCUT2D eigenvalue weighted by Gasteiger charge is 2.44. The second-order valence-corrected chi connectivity index (χ2v) is 6.83. The summed E-state index contributed by atoms with van der Waals surface area (Å²) in [4.78, 5) is 26.2. The Hall–Kier alpha value is -2.31. The Kier molecular flexibility index (Phi) is 4.46. The van der Waals surface area contributed by atoms with Crippen molar-refractivity contribution in [2.45, 2.75) is 44.4 Å². The summed E-state index contributed by atoms with van der Waals surface area (Å²) in [6.07, 6.45) is 8.53. The van der Waals surface area contributed by atoms with Gasteiger partial charge in [0, 0.05) is 23.9 Å². The smallest absolute Gasteiger partial charge is 0.240 e. The predicted molar refractivity (Wildman–Crippen MR) is 93.2 cm³/mol. The Morgan fingerprint density at radius 3 is 2.72 bits per heavy atom. The number of aromatic nitrogens is 2. The van der Waals surface area contributed by atoms with Gasteiger partial charge in [0.2, 0.25) is 5.91 Å². The second kappa shape index (κ2) is 6.90. The van der Waals surface area contributed by atoms with E-state index in [1.165, 1.54) is 6.33 Å². The van der Waals surface area contributed by atoms with Gasteiger partial charge < -0.3 is 5.32 Å². The second-order valence-electron chi connectivity index (χ2n) is 6.83. The van der Waals surface area contributed by atoms with E-state index in [0.29, 0.717) is 5.92 Å². The highest BCUT2D eigenvalue weighted by atomic mass is 16.7. The van der Waals surface area contributed by atoms with Crippen LogP contribution in [0.5, 0.6) is 0 Å². The normalized spacial score (nSPS) is 26.2. The molecule has 1 aliphatic carbocycles. The molecular formula is C19H22N4O2. The SMILES string of the molecule is CC(NC(=O)C1NOC2CCCC21)c1ccc(-c2cncnc2)cc1. The lowest BCUT2D eigenvalue weighted by molar-refractivity contribution is -0.125. The molecule has 1 amide bonds. The van der Waals surface area contributed by atoms with Gasteiger partial charge in [0.1, 0.15) is 12.4 Å². The summed E-state index contributed by atoms with van der Waals surface area (Å²) >= 11 is 0. The van der Waals surface area contributed by atoms with E-state index >= 15 is 0 Å². The molecule has 0 spiro atoms. The van der Waals surface area contributed by atoms with Crippen LogP contribution in [0.2, 0.25) is 0 Å².